The Kier molecular flexibility index (Phi) is 5.33. The Morgan fingerprint density at radius 3 is 2.48 bits per heavy atom. The molecule has 1 fully saturated rings. The van der Waals surface area contributed by atoms with Crippen LogP contribution in [0.3, 0.4) is 0 Å². The first kappa shape index (κ1) is 16.5. The van der Waals surface area contributed by atoms with Crippen LogP contribution in [0.15, 0.2) is 41.1 Å². The van der Waals surface area contributed by atoms with Crippen LogP contribution in [-0.2, 0) is 0 Å². The zero-order chi connectivity index (χ0) is 16.1. The fraction of sp³-hybridized carbons (Fsp3) is 0.444. The van der Waals surface area contributed by atoms with Crippen molar-refractivity contribution in [1.29, 1.82) is 0 Å². The Morgan fingerprint density at radius 2 is 1.83 bits per heavy atom. The highest BCUT2D eigenvalue weighted by Crippen LogP contribution is 2.25. The summed E-state index contributed by atoms with van der Waals surface area (Å²) in [5.41, 5.74) is 1.76. The van der Waals surface area contributed by atoms with Gasteiger partial charge in [0, 0.05) is 0 Å². The van der Waals surface area contributed by atoms with Crippen molar-refractivity contribution >= 4 is 11.3 Å². The summed E-state index contributed by atoms with van der Waals surface area (Å²) < 4.78 is 5.59. The summed E-state index contributed by atoms with van der Waals surface area (Å²) in [5, 5.41) is 26.6. The highest BCUT2D eigenvalue weighted by Gasteiger charge is 2.20. The number of piperidine rings is 1. The molecule has 1 aromatic carbocycles. The van der Waals surface area contributed by atoms with Crippen LogP contribution in [0.1, 0.15) is 36.5 Å². The predicted molar refractivity (Wildman–Crippen MR) is 92.4 cm³/mol. The standard InChI is InChI=1S/C18H23NO3S/c20-18(16-8-13-23-14-16)15-4-6-17(7-5-15)22-12-11-19(21)9-2-1-3-10-19/h4-8,13-14,18,20H,1-3,9-12H2. The molecule has 2 aromatic rings. The molecule has 4 nitrogen and oxygen atoms in total. The summed E-state index contributed by atoms with van der Waals surface area (Å²) >= 11 is 1.57. The third kappa shape index (κ3) is 4.32. The van der Waals surface area contributed by atoms with E-state index < -0.39 is 6.10 Å². The van der Waals surface area contributed by atoms with Gasteiger partial charge in [0.1, 0.15) is 25.0 Å². The maximum Gasteiger partial charge on any atom is 0.137 e. The molecule has 5 heteroatoms. The van der Waals surface area contributed by atoms with Gasteiger partial charge in [-0.1, -0.05) is 12.1 Å². The van der Waals surface area contributed by atoms with E-state index in [0.29, 0.717) is 13.2 Å². The summed E-state index contributed by atoms with van der Waals surface area (Å²) in [6, 6.07) is 9.39. The van der Waals surface area contributed by atoms with Crippen LogP contribution in [0.4, 0.5) is 0 Å². The fourth-order valence-electron chi connectivity index (χ4n) is 3.01. The zero-order valence-electron chi connectivity index (χ0n) is 13.2. The average Bonchev–Trinajstić information content (AvgIpc) is 3.10. The number of aliphatic hydroxyl groups excluding tert-OH is 1. The Hall–Kier alpha value is -1.40. The number of hydrogen-bond donors (Lipinski definition) is 1. The second-order valence-corrected chi connectivity index (χ2v) is 6.95. The van der Waals surface area contributed by atoms with Crippen LogP contribution in [0, 0.1) is 5.21 Å². The maximum atomic E-state index is 12.4. The van der Waals surface area contributed by atoms with Crippen LogP contribution in [0.25, 0.3) is 0 Å². The van der Waals surface area contributed by atoms with Gasteiger partial charge in [-0.3, -0.25) is 0 Å². The van der Waals surface area contributed by atoms with Crippen LogP contribution in [0.2, 0.25) is 0 Å². The number of thiophene rings is 1. The molecule has 2 heterocycles. The first-order chi connectivity index (χ1) is 11.2. The van der Waals surface area contributed by atoms with E-state index in [2.05, 4.69) is 0 Å². The van der Waals surface area contributed by atoms with Gasteiger partial charge < -0.3 is 19.7 Å². The van der Waals surface area contributed by atoms with Crippen LogP contribution in [-0.4, -0.2) is 36.0 Å². The van der Waals surface area contributed by atoms with Crippen molar-refractivity contribution < 1.29 is 14.5 Å². The van der Waals surface area contributed by atoms with Crippen LogP contribution >= 0.6 is 11.3 Å². The number of rotatable bonds is 6. The Labute approximate surface area is 141 Å². The lowest BCUT2D eigenvalue weighted by atomic mass is 10.0. The van der Waals surface area contributed by atoms with Crippen molar-refractivity contribution in [3.05, 3.63) is 57.4 Å². The minimum Gasteiger partial charge on any atom is -0.633 e. The van der Waals surface area contributed by atoms with Gasteiger partial charge in [0.15, 0.2) is 0 Å². The third-order valence-corrected chi connectivity index (χ3v) is 5.16. The molecular weight excluding hydrogens is 310 g/mol. The maximum absolute atomic E-state index is 12.4. The summed E-state index contributed by atoms with van der Waals surface area (Å²) in [5.74, 6) is 0.745. The van der Waals surface area contributed by atoms with Gasteiger partial charge in [0.2, 0.25) is 0 Å². The number of hydrogen-bond acceptors (Lipinski definition) is 4. The van der Waals surface area contributed by atoms with E-state index >= 15 is 0 Å². The number of nitrogens with zero attached hydrogens (tertiary/aromatic N) is 1. The molecule has 1 atom stereocenters. The molecule has 1 saturated heterocycles. The van der Waals surface area contributed by atoms with E-state index in [1.165, 1.54) is 6.42 Å². The molecule has 0 spiro atoms. The molecule has 3 rings (SSSR count). The quantitative estimate of drug-likeness (QED) is 0.648. The Bertz CT molecular complexity index is 591. The van der Waals surface area contributed by atoms with Crippen molar-refractivity contribution in [1.82, 2.24) is 0 Å². The molecule has 0 radical (unpaired) electrons. The Balaban J connectivity index is 1.51. The molecule has 1 aliphatic rings. The molecule has 1 N–H and O–H groups in total. The summed E-state index contributed by atoms with van der Waals surface area (Å²) in [6.45, 7) is 2.39. The fourth-order valence-corrected chi connectivity index (χ4v) is 3.69. The second-order valence-electron chi connectivity index (χ2n) is 6.17. The van der Waals surface area contributed by atoms with E-state index in [-0.39, 0.29) is 4.65 Å². The number of ether oxygens (including phenoxy) is 1. The van der Waals surface area contributed by atoms with Crippen molar-refractivity contribution in [3.8, 4) is 5.75 Å². The van der Waals surface area contributed by atoms with E-state index in [4.69, 9.17) is 4.74 Å². The molecule has 124 valence electrons. The lowest BCUT2D eigenvalue weighted by molar-refractivity contribution is -0.885. The lowest BCUT2D eigenvalue weighted by Crippen LogP contribution is -2.48. The van der Waals surface area contributed by atoms with Crippen molar-refractivity contribution in [2.45, 2.75) is 25.4 Å². The number of aliphatic hydroxyl groups is 1. The van der Waals surface area contributed by atoms with E-state index in [1.807, 2.05) is 41.1 Å². The summed E-state index contributed by atoms with van der Waals surface area (Å²) in [4.78, 5) is 0. The molecule has 0 aliphatic carbocycles. The topological polar surface area (TPSA) is 52.5 Å². The highest BCUT2D eigenvalue weighted by molar-refractivity contribution is 7.07. The lowest BCUT2D eigenvalue weighted by Gasteiger charge is -2.45. The first-order valence-corrected chi connectivity index (χ1v) is 9.11. The summed E-state index contributed by atoms with van der Waals surface area (Å²) in [6.07, 6.45) is 2.63. The van der Waals surface area contributed by atoms with E-state index in [0.717, 1.165) is 42.8 Å². The molecule has 0 saturated carbocycles. The average molecular weight is 333 g/mol. The SMILES string of the molecule is [O-][N+]1(CCOc2ccc(C(O)c3ccsc3)cc2)CCCCC1. The molecular formula is C18H23NO3S. The second kappa shape index (κ2) is 7.45. The molecule has 0 bridgehead atoms. The summed E-state index contributed by atoms with van der Waals surface area (Å²) in [7, 11) is 0. The Morgan fingerprint density at radius 1 is 1.09 bits per heavy atom. The van der Waals surface area contributed by atoms with Gasteiger partial charge in [-0.15, -0.1) is 0 Å². The van der Waals surface area contributed by atoms with Gasteiger partial charge in [0.25, 0.3) is 0 Å². The van der Waals surface area contributed by atoms with E-state index in [1.54, 1.807) is 11.3 Å². The molecule has 0 amide bonds. The molecule has 23 heavy (non-hydrogen) atoms. The van der Waals surface area contributed by atoms with Crippen molar-refractivity contribution in [2.75, 3.05) is 26.2 Å². The largest absolute Gasteiger partial charge is 0.633 e. The van der Waals surface area contributed by atoms with Crippen LogP contribution < -0.4 is 4.74 Å². The number of likely N-dealkylation sites (tertiary alicyclic amines) is 1. The molecule has 1 aliphatic heterocycles. The van der Waals surface area contributed by atoms with Crippen molar-refractivity contribution in [2.24, 2.45) is 0 Å². The van der Waals surface area contributed by atoms with E-state index in [9.17, 15) is 10.3 Å². The van der Waals surface area contributed by atoms with Crippen LogP contribution in [0.5, 0.6) is 5.75 Å². The van der Waals surface area contributed by atoms with Gasteiger partial charge >= 0.3 is 0 Å². The molecule has 1 unspecified atom stereocenters. The minimum atomic E-state index is -0.598. The normalized spacial score (nSPS) is 18.5. The number of quaternary nitrogens is 1. The number of benzene rings is 1. The first-order valence-electron chi connectivity index (χ1n) is 8.16. The highest BCUT2D eigenvalue weighted by atomic mass is 32.1. The smallest absolute Gasteiger partial charge is 0.137 e. The predicted octanol–water partition coefficient (Wildman–Crippen LogP) is 3.71. The third-order valence-electron chi connectivity index (χ3n) is 4.45. The monoisotopic (exact) mass is 333 g/mol. The zero-order valence-corrected chi connectivity index (χ0v) is 14.0. The minimum absolute atomic E-state index is 0.116. The van der Waals surface area contributed by atoms with Gasteiger partial charge in [0.05, 0.1) is 13.1 Å². The molecule has 1 aromatic heterocycles. The number of hydroxylamine groups is 3. The van der Waals surface area contributed by atoms with Gasteiger partial charge in [-0.2, -0.15) is 11.3 Å². The van der Waals surface area contributed by atoms with Gasteiger partial charge in [-0.25, -0.2) is 0 Å². The van der Waals surface area contributed by atoms with Crippen molar-refractivity contribution in [3.63, 3.8) is 0 Å². The van der Waals surface area contributed by atoms with Gasteiger partial charge in [-0.05, 0) is 59.3 Å².